The first kappa shape index (κ1) is 13.6. The molecular weight excluding hydrogens is 242 g/mol. The first-order valence-corrected chi connectivity index (χ1v) is 6.52. The number of nitrogens with one attached hydrogen (secondary N) is 1. The number of hydrogen-bond acceptors (Lipinski definition) is 5. The Morgan fingerprint density at radius 3 is 2.94 bits per heavy atom. The van der Waals surface area contributed by atoms with Crippen LogP contribution < -0.4 is 4.72 Å². The van der Waals surface area contributed by atoms with Gasteiger partial charge in [0.05, 0.1) is 6.10 Å². The summed E-state index contributed by atoms with van der Waals surface area (Å²) in [5.74, 6) is 0. The molecule has 0 radical (unpaired) electrons. The molecule has 0 aliphatic heterocycles. The smallest absolute Gasteiger partial charge is 0.243 e. The summed E-state index contributed by atoms with van der Waals surface area (Å²) in [7, 11) is -3.80. The zero-order chi connectivity index (χ0) is 12.9. The van der Waals surface area contributed by atoms with Gasteiger partial charge in [-0.05, 0) is 18.6 Å². The van der Waals surface area contributed by atoms with Crippen LogP contribution in [0.15, 0.2) is 23.2 Å². The van der Waals surface area contributed by atoms with Crippen LogP contribution >= 0.6 is 0 Å². The Morgan fingerprint density at radius 1 is 1.65 bits per heavy atom. The van der Waals surface area contributed by atoms with Crippen molar-refractivity contribution in [3.8, 4) is 6.07 Å². The molecule has 2 N–H and O–H groups in total. The highest BCUT2D eigenvalue weighted by Crippen LogP contribution is 2.11. The second-order valence-electron chi connectivity index (χ2n) is 3.38. The van der Waals surface area contributed by atoms with Crippen LogP contribution in [0.1, 0.15) is 19.0 Å². The van der Waals surface area contributed by atoms with Crippen LogP contribution in [-0.2, 0) is 10.0 Å². The summed E-state index contributed by atoms with van der Waals surface area (Å²) >= 11 is 0. The summed E-state index contributed by atoms with van der Waals surface area (Å²) in [5.41, 5.74) is -0.161. The summed E-state index contributed by atoms with van der Waals surface area (Å²) in [6.45, 7) is 1.66. The number of aromatic nitrogens is 1. The molecule has 0 aromatic carbocycles. The van der Waals surface area contributed by atoms with Gasteiger partial charge < -0.3 is 5.11 Å². The molecular formula is C10H13N3O3S. The fourth-order valence-corrected chi connectivity index (χ4v) is 2.30. The maximum absolute atomic E-state index is 11.8. The van der Waals surface area contributed by atoms with E-state index in [2.05, 4.69) is 9.71 Å². The Hall–Kier alpha value is -1.49. The Bertz CT molecular complexity index is 522. The van der Waals surface area contributed by atoms with E-state index in [4.69, 9.17) is 5.26 Å². The van der Waals surface area contributed by atoms with E-state index >= 15 is 0 Å². The molecule has 0 spiro atoms. The van der Waals surface area contributed by atoms with E-state index in [0.29, 0.717) is 6.42 Å². The second-order valence-corrected chi connectivity index (χ2v) is 5.11. The third kappa shape index (κ3) is 3.49. The van der Waals surface area contributed by atoms with E-state index in [1.54, 1.807) is 13.0 Å². The fourth-order valence-electron chi connectivity index (χ4n) is 1.12. The Balaban J connectivity index is 2.95. The van der Waals surface area contributed by atoms with Crippen LogP contribution in [0.5, 0.6) is 0 Å². The lowest BCUT2D eigenvalue weighted by molar-refractivity contribution is 0.174. The lowest BCUT2D eigenvalue weighted by Crippen LogP contribution is -2.32. The molecule has 17 heavy (non-hydrogen) atoms. The van der Waals surface area contributed by atoms with Crippen molar-refractivity contribution < 1.29 is 13.5 Å². The van der Waals surface area contributed by atoms with Crippen molar-refractivity contribution in [1.82, 2.24) is 9.71 Å². The maximum atomic E-state index is 11.8. The summed E-state index contributed by atoms with van der Waals surface area (Å²) in [5, 5.41) is 18.0. The Morgan fingerprint density at radius 2 is 2.35 bits per heavy atom. The van der Waals surface area contributed by atoms with Crippen LogP contribution in [0.25, 0.3) is 0 Å². The molecule has 0 saturated heterocycles. The second kappa shape index (κ2) is 5.72. The highest BCUT2D eigenvalue weighted by molar-refractivity contribution is 7.89. The first-order chi connectivity index (χ1) is 8.01. The van der Waals surface area contributed by atoms with Gasteiger partial charge in [0.15, 0.2) is 5.69 Å². The molecule has 1 aromatic rings. The van der Waals surface area contributed by atoms with Crippen molar-refractivity contribution in [2.24, 2.45) is 0 Å². The van der Waals surface area contributed by atoms with E-state index in [1.165, 1.54) is 18.3 Å². The number of pyridine rings is 1. The summed E-state index contributed by atoms with van der Waals surface area (Å²) in [6, 6.07) is 4.44. The molecule has 1 aromatic heterocycles. The van der Waals surface area contributed by atoms with Gasteiger partial charge >= 0.3 is 0 Å². The molecule has 0 bridgehead atoms. The van der Waals surface area contributed by atoms with Gasteiger partial charge in [0.1, 0.15) is 11.0 Å². The predicted octanol–water partition coefficient (Wildman–Crippen LogP) is 0.00248. The van der Waals surface area contributed by atoms with Crippen LogP contribution in [-0.4, -0.2) is 31.2 Å². The number of hydrogen-bond donors (Lipinski definition) is 2. The Kier molecular flexibility index (Phi) is 4.57. The number of aliphatic hydroxyl groups excluding tert-OH is 1. The minimum atomic E-state index is -3.80. The van der Waals surface area contributed by atoms with Crippen molar-refractivity contribution in [3.05, 3.63) is 24.0 Å². The zero-order valence-corrected chi connectivity index (χ0v) is 10.1. The Labute approximate surface area is 100.0 Å². The molecule has 0 saturated carbocycles. The van der Waals surface area contributed by atoms with Gasteiger partial charge in [-0.3, -0.25) is 0 Å². The van der Waals surface area contributed by atoms with Crippen LogP contribution in [0.3, 0.4) is 0 Å². The van der Waals surface area contributed by atoms with Gasteiger partial charge in [-0.2, -0.15) is 5.26 Å². The van der Waals surface area contributed by atoms with E-state index < -0.39 is 16.1 Å². The van der Waals surface area contributed by atoms with Gasteiger partial charge in [0.25, 0.3) is 0 Å². The molecule has 0 fully saturated rings. The van der Waals surface area contributed by atoms with Gasteiger partial charge in [-0.1, -0.05) is 6.92 Å². The van der Waals surface area contributed by atoms with Gasteiger partial charge in [-0.15, -0.1) is 0 Å². The van der Waals surface area contributed by atoms with E-state index in [-0.39, 0.29) is 17.1 Å². The third-order valence-corrected chi connectivity index (χ3v) is 3.60. The molecule has 7 heteroatoms. The zero-order valence-electron chi connectivity index (χ0n) is 9.29. The minimum Gasteiger partial charge on any atom is -0.392 e. The lowest BCUT2D eigenvalue weighted by atomic mass is 10.3. The van der Waals surface area contributed by atoms with Crippen LogP contribution in [0.4, 0.5) is 0 Å². The van der Waals surface area contributed by atoms with E-state index in [1.807, 2.05) is 0 Å². The number of sulfonamides is 1. The van der Waals surface area contributed by atoms with Crippen LogP contribution in [0.2, 0.25) is 0 Å². The monoisotopic (exact) mass is 255 g/mol. The molecule has 6 nitrogen and oxygen atoms in total. The van der Waals surface area contributed by atoms with Crippen molar-refractivity contribution in [3.63, 3.8) is 0 Å². The third-order valence-electron chi connectivity index (χ3n) is 2.15. The summed E-state index contributed by atoms with van der Waals surface area (Å²) in [6.07, 6.45) is 1.05. The molecule has 0 aliphatic rings. The van der Waals surface area contributed by atoms with Crippen molar-refractivity contribution in [2.75, 3.05) is 6.54 Å². The number of nitriles is 1. The molecule has 1 rings (SSSR count). The number of rotatable bonds is 5. The summed E-state index contributed by atoms with van der Waals surface area (Å²) in [4.78, 5) is 3.49. The largest absolute Gasteiger partial charge is 0.392 e. The number of nitrogens with zero attached hydrogens (tertiary/aromatic N) is 2. The first-order valence-electron chi connectivity index (χ1n) is 5.04. The van der Waals surface area contributed by atoms with Crippen molar-refractivity contribution in [1.29, 1.82) is 5.26 Å². The molecule has 1 atom stereocenters. The van der Waals surface area contributed by atoms with Gasteiger partial charge in [0.2, 0.25) is 10.0 Å². The average molecular weight is 255 g/mol. The fraction of sp³-hybridized carbons (Fsp3) is 0.400. The SMILES string of the molecule is CCC(O)CNS(=O)(=O)c1cccnc1C#N. The van der Waals surface area contributed by atoms with Crippen LogP contribution in [0, 0.1) is 11.3 Å². The topological polar surface area (TPSA) is 103 Å². The standard InChI is InChI=1S/C10H13N3O3S/c1-2-8(14)7-13-17(15,16)10-4-3-5-12-9(10)6-11/h3-5,8,13-14H,2,7H2,1H3. The lowest BCUT2D eigenvalue weighted by Gasteiger charge is -2.10. The highest BCUT2D eigenvalue weighted by atomic mass is 32.2. The van der Waals surface area contributed by atoms with Crippen molar-refractivity contribution >= 4 is 10.0 Å². The molecule has 0 aliphatic carbocycles. The molecule has 0 amide bonds. The highest BCUT2D eigenvalue weighted by Gasteiger charge is 2.19. The molecule has 1 heterocycles. The quantitative estimate of drug-likeness (QED) is 0.771. The van der Waals surface area contributed by atoms with Gasteiger partial charge in [0, 0.05) is 12.7 Å². The molecule has 1 unspecified atom stereocenters. The summed E-state index contributed by atoms with van der Waals surface area (Å²) < 4.78 is 25.9. The number of aliphatic hydroxyl groups is 1. The normalized spacial score (nSPS) is 13.0. The minimum absolute atomic E-state index is 0.0847. The van der Waals surface area contributed by atoms with E-state index in [0.717, 1.165) is 0 Å². The van der Waals surface area contributed by atoms with Gasteiger partial charge in [-0.25, -0.2) is 18.1 Å². The van der Waals surface area contributed by atoms with E-state index in [9.17, 15) is 13.5 Å². The molecule has 92 valence electrons. The average Bonchev–Trinajstić information content (AvgIpc) is 2.35. The van der Waals surface area contributed by atoms with Crippen molar-refractivity contribution in [2.45, 2.75) is 24.3 Å². The predicted molar refractivity (Wildman–Crippen MR) is 60.4 cm³/mol. The maximum Gasteiger partial charge on any atom is 0.243 e.